The molecule has 3 atom stereocenters. The van der Waals surface area contributed by atoms with Gasteiger partial charge in [0.15, 0.2) is 0 Å². The molecule has 3 unspecified atom stereocenters. The molecule has 0 aromatic rings. The fourth-order valence-electron chi connectivity index (χ4n) is 2.14. The molecule has 1 aliphatic rings. The van der Waals surface area contributed by atoms with Gasteiger partial charge in [0.2, 0.25) is 0 Å². The summed E-state index contributed by atoms with van der Waals surface area (Å²) in [6.45, 7) is 2.03. The number of alkyl halides is 3. The minimum Gasteiger partial charge on any atom is -0.393 e. The van der Waals surface area contributed by atoms with Gasteiger partial charge in [0, 0.05) is 6.42 Å². The van der Waals surface area contributed by atoms with Gasteiger partial charge in [0.25, 0.3) is 0 Å². The Bertz CT molecular complexity index is 179. The molecule has 1 nitrogen and oxygen atoms in total. The first kappa shape index (κ1) is 11.8. The van der Waals surface area contributed by atoms with E-state index in [9.17, 15) is 18.3 Å². The van der Waals surface area contributed by atoms with Crippen molar-refractivity contribution in [2.24, 2.45) is 11.8 Å². The highest BCUT2D eigenvalue weighted by molar-refractivity contribution is 4.78. The first-order valence-electron chi connectivity index (χ1n) is 5.13. The molecule has 4 heteroatoms. The van der Waals surface area contributed by atoms with Crippen LogP contribution in [-0.2, 0) is 0 Å². The summed E-state index contributed by atoms with van der Waals surface area (Å²) in [4.78, 5) is 0. The smallest absolute Gasteiger partial charge is 0.389 e. The zero-order chi connectivity index (χ0) is 10.8. The normalized spacial score (nSPS) is 34.5. The highest BCUT2D eigenvalue weighted by Crippen LogP contribution is 2.34. The van der Waals surface area contributed by atoms with Gasteiger partial charge in [-0.1, -0.05) is 6.92 Å². The van der Waals surface area contributed by atoms with Gasteiger partial charge in [-0.2, -0.15) is 13.2 Å². The number of halogens is 3. The first-order chi connectivity index (χ1) is 6.38. The highest BCUT2D eigenvalue weighted by atomic mass is 19.4. The van der Waals surface area contributed by atoms with Gasteiger partial charge >= 0.3 is 6.18 Å². The maximum Gasteiger partial charge on any atom is 0.389 e. The van der Waals surface area contributed by atoms with Crippen LogP contribution in [0.2, 0.25) is 0 Å². The van der Waals surface area contributed by atoms with E-state index in [0.29, 0.717) is 12.3 Å². The average molecular weight is 210 g/mol. The molecule has 0 aliphatic heterocycles. The Morgan fingerprint density at radius 1 is 1.29 bits per heavy atom. The minimum absolute atomic E-state index is 0.0784. The van der Waals surface area contributed by atoms with E-state index in [0.717, 1.165) is 12.8 Å². The molecule has 84 valence electrons. The predicted molar refractivity (Wildman–Crippen MR) is 47.8 cm³/mol. The van der Waals surface area contributed by atoms with Crippen molar-refractivity contribution in [1.82, 2.24) is 0 Å². The molecule has 0 saturated heterocycles. The Hall–Kier alpha value is -0.250. The van der Waals surface area contributed by atoms with Crippen LogP contribution < -0.4 is 0 Å². The Morgan fingerprint density at radius 3 is 2.50 bits per heavy atom. The van der Waals surface area contributed by atoms with Crippen molar-refractivity contribution in [3.63, 3.8) is 0 Å². The van der Waals surface area contributed by atoms with Crippen LogP contribution in [0.15, 0.2) is 0 Å². The minimum atomic E-state index is -4.08. The Kier molecular flexibility index (Phi) is 3.81. The van der Waals surface area contributed by atoms with Crippen molar-refractivity contribution >= 4 is 0 Å². The summed E-state index contributed by atoms with van der Waals surface area (Å²) in [6.07, 6.45) is -2.96. The predicted octanol–water partition coefficient (Wildman–Crippen LogP) is 3.13. The van der Waals surface area contributed by atoms with E-state index in [-0.39, 0.29) is 12.3 Å². The maximum atomic E-state index is 12.0. The van der Waals surface area contributed by atoms with Gasteiger partial charge in [0.1, 0.15) is 0 Å². The molecule has 0 heterocycles. The number of hydrogen-bond donors (Lipinski definition) is 1. The summed E-state index contributed by atoms with van der Waals surface area (Å²) in [6, 6.07) is 0. The Balaban J connectivity index is 2.35. The lowest BCUT2D eigenvalue weighted by Crippen LogP contribution is -2.29. The molecule has 0 radical (unpaired) electrons. The third-order valence-electron chi connectivity index (χ3n) is 3.00. The van der Waals surface area contributed by atoms with Crippen molar-refractivity contribution < 1.29 is 18.3 Å². The monoisotopic (exact) mass is 210 g/mol. The molecule has 1 N–H and O–H groups in total. The van der Waals surface area contributed by atoms with Crippen LogP contribution in [-0.4, -0.2) is 17.4 Å². The van der Waals surface area contributed by atoms with Gasteiger partial charge in [-0.25, -0.2) is 0 Å². The fourth-order valence-corrected chi connectivity index (χ4v) is 2.14. The van der Waals surface area contributed by atoms with Crippen LogP contribution in [0, 0.1) is 11.8 Å². The molecule has 1 aliphatic carbocycles. The van der Waals surface area contributed by atoms with E-state index in [1.807, 2.05) is 6.92 Å². The van der Waals surface area contributed by atoms with Crippen LogP contribution in [0.4, 0.5) is 13.2 Å². The lowest BCUT2D eigenvalue weighted by atomic mass is 9.78. The van der Waals surface area contributed by atoms with E-state index in [2.05, 4.69) is 0 Å². The van der Waals surface area contributed by atoms with Crippen LogP contribution in [0.25, 0.3) is 0 Å². The molecular weight excluding hydrogens is 193 g/mol. The second-order valence-corrected chi connectivity index (χ2v) is 4.40. The molecule has 0 aromatic heterocycles. The van der Waals surface area contributed by atoms with Crippen molar-refractivity contribution in [3.05, 3.63) is 0 Å². The van der Waals surface area contributed by atoms with Crippen LogP contribution in [0.3, 0.4) is 0 Å². The lowest BCUT2D eigenvalue weighted by molar-refractivity contribution is -0.140. The summed E-state index contributed by atoms with van der Waals surface area (Å²) < 4.78 is 35.9. The van der Waals surface area contributed by atoms with Gasteiger partial charge in [-0.3, -0.25) is 0 Å². The fraction of sp³-hybridized carbons (Fsp3) is 1.00. The van der Waals surface area contributed by atoms with Crippen molar-refractivity contribution in [2.45, 2.75) is 51.3 Å². The molecule has 0 bridgehead atoms. The number of rotatable bonds is 2. The molecule has 0 spiro atoms. The van der Waals surface area contributed by atoms with Crippen molar-refractivity contribution in [2.75, 3.05) is 0 Å². The zero-order valence-electron chi connectivity index (χ0n) is 8.35. The number of aliphatic hydroxyl groups excluding tert-OH is 1. The number of aliphatic hydroxyl groups is 1. The summed E-state index contributed by atoms with van der Waals surface area (Å²) in [5.41, 5.74) is 0. The van der Waals surface area contributed by atoms with Crippen molar-refractivity contribution in [3.8, 4) is 0 Å². The van der Waals surface area contributed by atoms with Gasteiger partial charge in [0.05, 0.1) is 6.10 Å². The summed E-state index contributed by atoms with van der Waals surface area (Å²) in [5.74, 6) is 0.303. The largest absolute Gasteiger partial charge is 0.393 e. The zero-order valence-corrected chi connectivity index (χ0v) is 8.35. The second-order valence-electron chi connectivity index (χ2n) is 4.40. The van der Waals surface area contributed by atoms with Gasteiger partial charge in [-0.05, 0) is 37.5 Å². The Morgan fingerprint density at radius 2 is 1.93 bits per heavy atom. The highest BCUT2D eigenvalue weighted by Gasteiger charge is 2.32. The topological polar surface area (TPSA) is 20.2 Å². The van der Waals surface area contributed by atoms with E-state index in [1.165, 1.54) is 0 Å². The van der Waals surface area contributed by atoms with Crippen LogP contribution in [0.5, 0.6) is 0 Å². The standard InChI is InChI=1S/C10H17F3O/c1-7-2-3-9(14)8(6-7)4-5-10(11,12)13/h7-9,14H,2-6H2,1H3. The molecular formula is C10H17F3O. The Labute approximate surface area is 82.3 Å². The molecule has 0 aromatic carbocycles. The van der Waals surface area contributed by atoms with E-state index < -0.39 is 18.7 Å². The third kappa shape index (κ3) is 3.86. The molecule has 0 amide bonds. The summed E-state index contributed by atoms with van der Waals surface area (Å²) >= 11 is 0. The first-order valence-corrected chi connectivity index (χ1v) is 5.13. The van der Waals surface area contributed by atoms with E-state index in [1.54, 1.807) is 0 Å². The summed E-state index contributed by atoms with van der Waals surface area (Å²) in [7, 11) is 0. The maximum absolute atomic E-state index is 12.0. The summed E-state index contributed by atoms with van der Waals surface area (Å²) in [5, 5.41) is 9.52. The van der Waals surface area contributed by atoms with Crippen LogP contribution in [0.1, 0.15) is 39.0 Å². The number of hydrogen-bond acceptors (Lipinski definition) is 1. The van der Waals surface area contributed by atoms with Gasteiger partial charge < -0.3 is 5.11 Å². The van der Waals surface area contributed by atoms with E-state index >= 15 is 0 Å². The lowest BCUT2D eigenvalue weighted by Gasteiger charge is -2.31. The van der Waals surface area contributed by atoms with Crippen LogP contribution >= 0.6 is 0 Å². The average Bonchev–Trinajstić information content (AvgIpc) is 2.05. The molecule has 1 rings (SSSR count). The van der Waals surface area contributed by atoms with Gasteiger partial charge in [-0.15, -0.1) is 0 Å². The van der Waals surface area contributed by atoms with E-state index in [4.69, 9.17) is 0 Å². The molecule has 14 heavy (non-hydrogen) atoms. The quantitative estimate of drug-likeness (QED) is 0.742. The molecule has 1 fully saturated rings. The SMILES string of the molecule is CC1CCC(O)C(CCC(F)(F)F)C1. The third-order valence-corrected chi connectivity index (χ3v) is 3.00. The van der Waals surface area contributed by atoms with Crippen molar-refractivity contribution in [1.29, 1.82) is 0 Å². The molecule has 1 saturated carbocycles. The second kappa shape index (κ2) is 4.51.